The molecule has 1 unspecified atom stereocenters. The number of phenols is 1. The molecule has 1 atom stereocenters. The van der Waals surface area contributed by atoms with Crippen LogP contribution in [0.2, 0.25) is 0 Å². The molecule has 0 aliphatic rings. The van der Waals surface area contributed by atoms with Gasteiger partial charge in [-0.2, -0.15) is 0 Å². The van der Waals surface area contributed by atoms with Gasteiger partial charge >= 0.3 is 0 Å². The van der Waals surface area contributed by atoms with Gasteiger partial charge < -0.3 is 10.0 Å². The molecule has 1 N–H and O–H groups in total. The van der Waals surface area contributed by atoms with E-state index in [2.05, 4.69) is 130 Å². The Kier molecular flexibility index (Phi) is 11.8. The molecule has 2 heterocycles. The number of para-hydroxylation sites is 2. The second-order valence-corrected chi connectivity index (χ2v) is 15.4. The predicted molar refractivity (Wildman–Crippen MR) is 232 cm³/mol. The third kappa shape index (κ3) is 8.71. The third-order valence-corrected chi connectivity index (χ3v) is 10.5. The first-order valence-corrected chi connectivity index (χ1v) is 19.2. The molecule has 58 heavy (non-hydrogen) atoms. The molecule has 4 nitrogen and oxygen atoms in total. The number of aromatic hydroxyl groups is 1. The molecular weight excluding hydrogens is 897 g/mol. The second-order valence-electron chi connectivity index (χ2n) is 15.4. The first kappa shape index (κ1) is 40.0. The van der Waals surface area contributed by atoms with Crippen molar-refractivity contribution in [3.63, 3.8) is 0 Å². The van der Waals surface area contributed by atoms with Gasteiger partial charge in [-0.15, -0.1) is 29.3 Å². The van der Waals surface area contributed by atoms with Crippen molar-refractivity contribution in [3.05, 3.63) is 205 Å². The molecule has 0 spiro atoms. The SMILES string of the molecule is CC(c1ccccc1)c1ccc(-c2ccnc(N(c3[c-]c(-c4cc(-c5ccc(F)cc5)cc(-c5ccccc5O)n4)cc(C(C)(C)C)c3)c3ccccc3)c2)cc1.[Pt]. The molecule has 0 aliphatic heterocycles. The van der Waals surface area contributed by atoms with Crippen molar-refractivity contribution in [3.8, 4) is 50.5 Å². The smallest absolute Gasteiger partial charge is 0.136 e. The summed E-state index contributed by atoms with van der Waals surface area (Å²) >= 11 is 0. The largest absolute Gasteiger partial charge is 0.507 e. The van der Waals surface area contributed by atoms with E-state index < -0.39 is 0 Å². The first-order valence-electron chi connectivity index (χ1n) is 19.2. The number of anilines is 3. The van der Waals surface area contributed by atoms with Gasteiger partial charge in [0.1, 0.15) is 17.4 Å². The topological polar surface area (TPSA) is 49.2 Å². The maximum atomic E-state index is 14.1. The number of pyridine rings is 2. The molecular formula is C52H43FN3OPt-. The van der Waals surface area contributed by atoms with E-state index in [4.69, 9.17) is 9.97 Å². The van der Waals surface area contributed by atoms with Gasteiger partial charge in [-0.05, 0) is 105 Å². The summed E-state index contributed by atoms with van der Waals surface area (Å²) in [6.45, 7) is 8.82. The minimum absolute atomic E-state index is 0. The van der Waals surface area contributed by atoms with E-state index in [1.165, 1.54) is 23.3 Å². The van der Waals surface area contributed by atoms with Gasteiger partial charge in [0.05, 0.1) is 5.69 Å². The van der Waals surface area contributed by atoms with E-state index in [0.29, 0.717) is 17.0 Å². The van der Waals surface area contributed by atoms with E-state index in [1.807, 2.05) is 48.7 Å². The fraction of sp³-hybridized carbons (Fsp3) is 0.115. The van der Waals surface area contributed by atoms with Gasteiger partial charge in [0, 0.05) is 44.4 Å². The average Bonchev–Trinajstić information content (AvgIpc) is 3.24. The monoisotopic (exact) mass is 939 g/mol. The summed E-state index contributed by atoms with van der Waals surface area (Å²) in [7, 11) is 0. The van der Waals surface area contributed by atoms with Gasteiger partial charge in [-0.3, -0.25) is 4.98 Å². The zero-order chi connectivity index (χ0) is 39.5. The van der Waals surface area contributed by atoms with Crippen LogP contribution in [0.3, 0.4) is 0 Å². The Labute approximate surface area is 355 Å². The number of nitrogens with zero attached hydrogens (tertiary/aromatic N) is 3. The molecule has 6 aromatic carbocycles. The van der Waals surface area contributed by atoms with Gasteiger partial charge in [0.15, 0.2) is 0 Å². The summed E-state index contributed by atoms with van der Waals surface area (Å²) in [5.41, 5.74) is 11.6. The van der Waals surface area contributed by atoms with Crippen LogP contribution in [0.4, 0.5) is 21.6 Å². The zero-order valence-corrected chi connectivity index (χ0v) is 35.1. The van der Waals surface area contributed by atoms with Crippen LogP contribution in [0, 0.1) is 11.9 Å². The van der Waals surface area contributed by atoms with Crippen molar-refractivity contribution in [1.29, 1.82) is 0 Å². The molecule has 8 rings (SSSR count). The van der Waals surface area contributed by atoms with Crippen LogP contribution < -0.4 is 4.90 Å². The van der Waals surface area contributed by atoms with E-state index in [0.717, 1.165) is 50.6 Å². The van der Waals surface area contributed by atoms with E-state index >= 15 is 0 Å². The summed E-state index contributed by atoms with van der Waals surface area (Å²) in [6.07, 6.45) is 1.86. The summed E-state index contributed by atoms with van der Waals surface area (Å²) in [4.78, 5) is 12.2. The summed E-state index contributed by atoms with van der Waals surface area (Å²) in [6, 6.07) is 59.4. The summed E-state index contributed by atoms with van der Waals surface area (Å²) in [5.74, 6) is 0.846. The number of aromatic nitrogens is 2. The Hall–Kier alpha value is -6.16. The van der Waals surface area contributed by atoms with Crippen molar-refractivity contribution in [2.45, 2.75) is 39.0 Å². The number of halogens is 1. The summed E-state index contributed by atoms with van der Waals surface area (Å²) < 4.78 is 14.1. The standard InChI is InChI=1S/C52H43FN3O.Pt/c1-35(36-13-7-5-8-14-36)37-19-21-38(22-20-37)40-27-28-54-51(33-40)56(45-15-9-6-10-16-45)46-30-42(29-43(34-46)52(2,3)4)48-31-41(39-23-25-44(53)26-24-39)32-49(55-48)47-17-11-12-18-50(47)57;/h5-29,31-35,57H,1-4H3;/q-1;. The molecule has 0 saturated carbocycles. The molecule has 0 fully saturated rings. The van der Waals surface area contributed by atoms with Crippen molar-refractivity contribution in [2.24, 2.45) is 0 Å². The Morgan fingerprint density at radius 1 is 0.621 bits per heavy atom. The van der Waals surface area contributed by atoms with E-state index in [1.54, 1.807) is 24.3 Å². The molecule has 0 amide bonds. The maximum absolute atomic E-state index is 14.1. The van der Waals surface area contributed by atoms with Gasteiger partial charge in [-0.25, -0.2) is 9.37 Å². The average molecular weight is 940 g/mol. The van der Waals surface area contributed by atoms with Crippen LogP contribution in [-0.2, 0) is 26.5 Å². The Morgan fingerprint density at radius 2 is 1.22 bits per heavy atom. The van der Waals surface area contributed by atoms with Crippen molar-refractivity contribution < 1.29 is 30.6 Å². The predicted octanol–water partition coefficient (Wildman–Crippen LogP) is 13.7. The number of rotatable bonds is 9. The third-order valence-electron chi connectivity index (χ3n) is 10.5. The Bertz CT molecular complexity index is 2640. The van der Waals surface area contributed by atoms with Crippen LogP contribution in [-0.4, -0.2) is 15.1 Å². The first-order chi connectivity index (χ1) is 27.6. The van der Waals surface area contributed by atoms with E-state index in [-0.39, 0.29) is 44.0 Å². The van der Waals surface area contributed by atoms with Crippen LogP contribution in [0.5, 0.6) is 5.75 Å². The van der Waals surface area contributed by atoms with Crippen LogP contribution in [0.15, 0.2) is 176 Å². The van der Waals surface area contributed by atoms with Gasteiger partial charge in [-0.1, -0.05) is 131 Å². The second kappa shape index (κ2) is 17.1. The van der Waals surface area contributed by atoms with Crippen molar-refractivity contribution in [1.82, 2.24) is 9.97 Å². The van der Waals surface area contributed by atoms with Crippen LogP contribution in [0.1, 0.15) is 50.3 Å². The number of phenolic OH excluding ortho intramolecular Hbond substituents is 1. The molecule has 6 heteroatoms. The fourth-order valence-electron chi connectivity index (χ4n) is 7.14. The minimum Gasteiger partial charge on any atom is -0.507 e. The maximum Gasteiger partial charge on any atom is 0.136 e. The Morgan fingerprint density at radius 3 is 1.91 bits per heavy atom. The number of benzene rings is 6. The fourth-order valence-corrected chi connectivity index (χ4v) is 7.14. The van der Waals surface area contributed by atoms with Crippen LogP contribution >= 0.6 is 0 Å². The molecule has 8 aromatic rings. The van der Waals surface area contributed by atoms with Gasteiger partial charge in [0.25, 0.3) is 0 Å². The number of hydrogen-bond donors (Lipinski definition) is 1. The van der Waals surface area contributed by atoms with Gasteiger partial charge in [0.2, 0.25) is 0 Å². The van der Waals surface area contributed by atoms with E-state index in [9.17, 15) is 9.50 Å². The Balaban J connectivity index is 0.00000512. The quantitative estimate of drug-likeness (QED) is 0.147. The van der Waals surface area contributed by atoms with Crippen molar-refractivity contribution >= 4 is 17.2 Å². The molecule has 0 radical (unpaired) electrons. The van der Waals surface area contributed by atoms with Crippen molar-refractivity contribution in [2.75, 3.05) is 4.90 Å². The molecule has 290 valence electrons. The summed E-state index contributed by atoms with van der Waals surface area (Å²) in [5, 5.41) is 10.9. The van der Waals surface area contributed by atoms with Crippen LogP contribution in [0.25, 0.3) is 44.8 Å². The molecule has 0 bridgehead atoms. The normalized spacial score (nSPS) is 11.7. The number of hydrogen-bond acceptors (Lipinski definition) is 4. The molecule has 2 aromatic heterocycles. The molecule has 0 aliphatic carbocycles. The zero-order valence-electron chi connectivity index (χ0n) is 32.8. The molecule has 0 saturated heterocycles. The minimum atomic E-state index is -0.307.